The Bertz CT molecular complexity index is 1300. The Morgan fingerprint density at radius 3 is 2.56 bits per heavy atom. The number of carbonyl (C=O) groups excluding carboxylic acids is 1. The summed E-state index contributed by atoms with van der Waals surface area (Å²) in [5.74, 6) is 0.567. The fraction of sp³-hybridized carbons (Fsp3) is 0.500. The average Bonchev–Trinajstić information content (AvgIpc) is 3.29. The van der Waals surface area contributed by atoms with Crippen LogP contribution >= 0.6 is 0 Å². The van der Waals surface area contributed by atoms with Gasteiger partial charge >= 0.3 is 0 Å². The number of nitrogens with zero attached hydrogens (tertiary/aromatic N) is 5. The van der Waals surface area contributed by atoms with Crippen LogP contribution < -0.4 is 9.47 Å². The minimum Gasteiger partial charge on any atom is -0.484 e. The summed E-state index contributed by atoms with van der Waals surface area (Å²) in [6.45, 7) is 1.70. The molecule has 1 saturated carbocycles. The molecule has 1 aliphatic carbocycles. The van der Waals surface area contributed by atoms with Gasteiger partial charge in [-0.3, -0.25) is 9.48 Å². The number of rotatable bonds is 5. The van der Waals surface area contributed by atoms with Gasteiger partial charge in [0.2, 0.25) is 10.0 Å². The standard InChI is InChI=1S/C22H25N5O6S/c1-25-12-17(13-2-3-13)19(24-25)20(28)22(29)26-8-14-10-27(11-15(14)9-26)34(30,31)16-6-18-21(23-7-16)33-5-4-32-18/h6-7,12-13,20,28H,2-5,8-11H2,1H3. The molecule has 1 amide bonds. The van der Waals surface area contributed by atoms with E-state index in [1.54, 1.807) is 16.6 Å². The van der Waals surface area contributed by atoms with Crippen molar-refractivity contribution in [2.24, 2.45) is 7.05 Å². The summed E-state index contributed by atoms with van der Waals surface area (Å²) in [5.41, 5.74) is 3.14. The summed E-state index contributed by atoms with van der Waals surface area (Å²) in [4.78, 5) is 18.8. The number of aromatic nitrogens is 3. The Hall–Kier alpha value is -2.96. The number of hydrogen-bond donors (Lipinski definition) is 1. The fourth-order valence-corrected chi connectivity index (χ4v) is 6.20. The summed E-state index contributed by atoms with van der Waals surface area (Å²) >= 11 is 0. The number of amides is 1. The first-order chi connectivity index (χ1) is 16.3. The first-order valence-electron chi connectivity index (χ1n) is 11.3. The van der Waals surface area contributed by atoms with Crippen LogP contribution in [0.3, 0.4) is 0 Å². The summed E-state index contributed by atoms with van der Waals surface area (Å²) in [5, 5.41) is 15.1. The molecule has 6 rings (SSSR count). The Morgan fingerprint density at radius 2 is 1.85 bits per heavy atom. The van der Waals surface area contributed by atoms with Crippen molar-refractivity contribution in [1.82, 2.24) is 24.0 Å². The van der Waals surface area contributed by atoms with Gasteiger partial charge in [0.15, 0.2) is 11.9 Å². The minimum atomic E-state index is -3.79. The van der Waals surface area contributed by atoms with Crippen molar-refractivity contribution in [3.63, 3.8) is 0 Å². The molecule has 34 heavy (non-hydrogen) atoms. The van der Waals surface area contributed by atoms with E-state index in [1.165, 1.54) is 16.6 Å². The topological polar surface area (TPSA) is 127 Å². The Labute approximate surface area is 196 Å². The zero-order chi connectivity index (χ0) is 23.6. The molecular formula is C22H25N5O6S. The molecule has 4 aliphatic rings. The van der Waals surface area contributed by atoms with E-state index < -0.39 is 22.0 Å². The van der Waals surface area contributed by atoms with Crippen molar-refractivity contribution in [1.29, 1.82) is 0 Å². The van der Waals surface area contributed by atoms with E-state index in [4.69, 9.17) is 9.47 Å². The first-order valence-corrected chi connectivity index (χ1v) is 12.7. The third kappa shape index (κ3) is 3.56. The van der Waals surface area contributed by atoms with E-state index >= 15 is 0 Å². The molecule has 12 heteroatoms. The molecule has 0 bridgehead atoms. The first kappa shape index (κ1) is 21.6. The van der Waals surface area contributed by atoms with Gasteiger partial charge < -0.3 is 19.5 Å². The maximum absolute atomic E-state index is 13.2. The van der Waals surface area contributed by atoms with Crippen LogP contribution in [0.15, 0.2) is 34.5 Å². The molecule has 1 atom stereocenters. The van der Waals surface area contributed by atoms with Gasteiger partial charge in [0.1, 0.15) is 23.8 Å². The molecule has 1 unspecified atom stereocenters. The van der Waals surface area contributed by atoms with Crippen LogP contribution in [0.5, 0.6) is 11.6 Å². The van der Waals surface area contributed by atoms with Crippen molar-refractivity contribution < 1.29 is 27.8 Å². The van der Waals surface area contributed by atoms with Crippen molar-refractivity contribution in [3.8, 4) is 11.6 Å². The monoisotopic (exact) mass is 487 g/mol. The number of aliphatic hydroxyl groups excluding tert-OH is 1. The van der Waals surface area contributed by atoms with Gasteiger partial charge in [-0.15, -0.1) is 0 Å². The normalized spacial score (nSPS) is 21.2. The summed E-state index contributed by atoms with van der Waals surface area (Å²) in [6.07, 6.45) is 3.93. The van der Waals surface area contributed by atoms with E-state index in [2.05, 4.69) is 10.1 Å². The molecule has 1 fully saturated rings. The van der Waals surface area contributed by atoms with Crippen molar-refractivity contribution in [2.45, 2.75) is 29.8 Å². The highest BCUT2D eigenvalue weighted by molar-refractivity contribution is 7.89. The Balaban J connectivity index is 1.13. The van der Waals surface area contributed by atoms with Crippen LogP contribution in [0.4, 0.5) is 0 Å². The lowest BCUT2D eigenvalue weighted by atomic mass is 10.1. The van der Waals surface area contributed by atoms with Crippen LogP contribution in [0, 0.1) is 0 Å². The molecule has 2 aromatic rings. The second-order valence-corrected chi connectivity index (χ2v) is 11.1. The van der Waals surface area contributed by atoms with E-state index in [1.807, 2.05) is 6.20 Å². The van der Waals surface area contributed by atoms with Gasteiger partial charge in [0.05, 0.1) is 6.20 Å². The van der Waals surface area contributed by atoms with Gasteiger partial charge in [0, 0.05) is 45.5 Å². The lowest BCUT2D eigenvalue weighted by Crippen LogP contribution is -2.38. The van der Waals surface area contributed by atoms with Crippen LogP contribution in [-0.4, -0.2) is 82.8 Å². The second kappa shape index (κ2) is 7.79. The molecule has 0 spiro atoms. The van der Waals surface area contributed by atoms with Gasteiger partial charge in [-0.05, 0) is 35.5 Å². The van der Waals surface area contributed by atoms with Gasteiger partial charge in [-0.25, -0.2) is 13.4 Å². The summed E-state index contributed by atoms with van der Waals surface area (Å²) in [6, 6.07) is 1.44. The molecule has 1 N–H and O–H groups in total. The predicted molar refractivity (Wildman–Crippen MR) is 118 cm³/mol. The highest BCUT2D eigenvalue weighted by atomic mass is 32.2. The number of ether oxygens (including phenoxy) is 2. The van der Waals surface area contributed by atoms with Crippen molar-refractivity contribution >= 4 is 15.9 Å². The van der Waals surface area contributed by atoms with E-state index in [0.29, 0.717) is 43.7 Å². The smallest absolute Gasteiger partial charge is 0.258 e. The maximum atomic E-state index is 13.2. The zero-order valence-corrected chi connectivity index (χ0v) is 19.5. The van der Waals surface area contributed by atoms with E-state index in [9.17, 15) is 18.3 Å². The Kier molecular flexibility index (Phi) is 4.94. The molecular weight excluding hydrogens is 462 g/mol. The number of aryl methyl sites for hydroxylation is 1. The number of carbonyl (C=O) groups is 1. The lowest BCUT2D eigenvalue weighted by molar-refractivity contribution is -0.139. The molecule has 5 heterocycles. The van der Waals surface area contributed by atoms with Gasteiger partial charge in [0.25, 0.3) is 11.8 Å². The van der Waals surface area contributed by atoms with Crippen LogP contribution in [0.2, 0.25) is 0 Å². The molecule has 3 aliphatic heterocycles. The Morgan fingerprint density at radius 1 is 1.15 bits per heavy atom. The molecule has 2 aromatic heterocycles. The second-order valence-electron chi connectivity index (χ2n) is 9.17. The van der Waals surface area contributed by atoms with E-state index in [-0.39, 0.29) is 23.9 Å². The van der Waals surface area contributed by atoms with Crippen LogP contribution in [0.25, 0.3) is 0 Å². The minimum absolute atomic E-state index is 0.0454. The quantitative estimate of drug-likeness (QED) is 0.599. The van der Waals surface area contributed by atoms with Gasteiger partial charge in [-0.1, -0.05) is 0 Å². The van der Waals surface area contributed by atoms with Gasteiger partial charge in [-0.2, -0.15) is 9.40 Å². The van der Waals surface area contributed by atoms with Crippen LogP contribution in [-0.2, 0) is 21.9 Å². The fourth-order valence-electron chi connectivity index (χ4n) is 4.81. The third-order valence-electron chi connectivity index (χ3n) is 6.72. The lowest BCUT2D eigenvalue weighted by Gasteiger charge is -2.24. The predicted octanol–water partition coefficient (Wildman–Crippen LogP) is 0.340. The zero-order valence-electron chi connectivity index (χ0n) is 18.7. The average molecular weight is 488 g/mol. The number of hydrogen-bond acceptors (Lipinski definition) is 8. The SMILES string of the molecule is Cn1cc(C2CC2)c(C(O)C(=O)N2CC3=C(C2)CN(S(=O)(=O)c2cnc4c(c2)OCCO4)C3)n1. The molecule has 0 aromatic carbocycles. The summed E-state index contributed by atoms with van der Waals surface area (Å²) < 4.78 is 40.3. The van der Waals surface area contributed by atoms with Crippen LogP contribution in [0.1, 0.15) is 36.1 Å². The number of aliphatic hydroxyl groups is 1. The molecule has 11 nitrogen and oxygen atoms in total. The van der Waals surface area contributed by atoms with Crippen molar-refractivity contribution in [2.75, 3.05) is 39.4 Å². The van der Waals surface area contributed by atoms with E-state index in [0.717, 1.165) is 29.6 Å². The molecule has 0 saturated heterocycles. The largest absolute Gasteiger partial charge is 0.484 e. The van der Waals surface area contributed by atoms with Crippen molar-refractivity contribution in [3.05, 3.63) is 40.9 Å². The maximum Gasteiger partial charge on any atom is 0.258 e. The number of fused-ring (bicyclic) bond motifs is 1. The highest BCUT2D eigenvalue weighted by Crippen LogP contribution is 2.43. The molecule has 0 radical (unpaired) electrons. The third-order valence-corrected chi connectivity index (χ3v) is 8.47. The molecule has 180 valence electrons. The highest BCUT2D eigenvalue weighted by Gasteiger charge is 2.41. The number of pyridine rings is 1. The number of sulfonamides is 1. The summed E-state index contributed by atoms with van der Waals surface area (Å²) in [7, 11) is -2.01.